The molecule has 1 aromatic heterocycles. The van der Waals surface area contributed by atoms with Crippen LogP contribution >= 0.6 is 0 Å². The fraction of sp³-hybridized carbons (Fsp3) is 0.357. The highest BCUT2D eigenvalue weighted by molar-refractivity contribution is 7.92. The number of nitrogens with one attached hydrogen (secondary N) is 2. The van der Waals surface area contributed by atoms with Crippen molar-refractivity contribution in [1.82, 2.24) is 15.1 Å². The monoisotopic (exact) mass is 308 g/mol. The van der Waals surface area contributed by atoms with Gasteiger partial charge in [0, 0.05) is 19.3 Å². The van der Waals surface area contributed by atoms with Crippen LogP contribution < -0.4 is 10.0 Å². The van der Waals surface area contributed by atoms with Crippen molar-refractivity contribution in [2.45, 2.75) is 24.9 Å². The molecule has 0 spiro atoms. The van der Waals surface area contributed by atoms with Crippen LogP contribution in [0.15, 0.2) is 41.6 Å². The maximum absolute atomic E-state index is 12.2. The summed E-state index contributed by atoms with van der Waals surface area (Å²) in [7, 11) is -2.01. The number of benzene rings is 1. The first-order valence-corrected chi connectivity index (χ1v) is 8.31. The molecule has 1 aromatic carbocycles. The van der Waals surface area contributed by atoms with Crippen LogP contribution in [0.3, 0.4) is 0 Å². The smallest absolute Gasteiger partial charge is 0.279 e. The summed E-state index contributed by atoms with van der Waals surface area (Å²) in [4.78, 5) is 0. The van der Waals surface area contributed by atoms with E-state index < -0.39 is 10.0 Å². The molecule has 0 aliphatic heterocycles. The van der Waals surface area contributed by atoms with Gasteiger partial charge < -0.3 is 5.32 Å². The van der Waals surface area contributed by atoms with Gasteiger partial charge in [-0.05, 0) is 36.7 Å². The van der Waals surface area contributed by atoms with Gasteiger partial charge in [-0.25, -0.2) is 0 Å². The van der Waals surface area contributed by atoms with Crippen molar-refractivity contribution in [3.8, 4) is 0 Å². The van der Waals surface area contributed by atoms with Crippen LogP contribution in [-0.4, -0.2) is 24.7 Å². The van der Waals surface area contributed by atoms with Crippen molar-refractivity contribution in [3.63, 3.8) is 0 Å². The minimum absolute atomic E-state index is 0.135. The maximum atomic E-state index is 12.2. The first-order chi connectivity index (χ1) is 10.0. The van der Waals surface area contributed by atoms with Gasteiger partial charge >= 0.3 is 0 Å². The zero-order valence-electron chi connectivity index (χ0n) is 12.2. The molecule has 0 atom stereocenters. The Kier molecular flexibility index (Phi) is 4.98. The molecule has 0 saturated heterocycles. The molecule has 0 aliphatic carbocycles. The van der Waals surface area contributed by atoms with Crippen molar-refractivity contribution in [2.24, 2.45) is 7.05 Å². The third-order valence-electron chi connectivity index (χ3n) is 3.01. The molecular weight excluding hydrogens is 288 g/mol. The Balaban J connectivity index is 2.05. The Morgan fingerprint density at radius 2 is 1.90 bits per heavy atom. The van der Waals surface area contributed by atoms with Gasteiger partial charge in [0.25, 0.3) is 10.0 Å². The quantitative estimate of drug-likeness (QED) is 0.764. The van der Waals surface area contributed by atoms with Gasteiger partial charge in [-0.2, -0.15) is 13.5 Å². The summed E-state index contributed by atoms with van der Waals surface area (Å²) in [6.07, 6.45) is 2.54. The second-order valence-corrected chi connectivity index (χ2v) is 6.40. The number of hydrogen-bond donors (Lipinski definition) is 2. The first kappa shape index (κ1) is 15.5. The van der Waals surface area contributed by atoms with Gasteiger partial charge in [0.15, 0.2) is 5.03 Å². The minimum atomic E-state index is -3.60. The van der Waals surface area contributed by atoms with Crippen molar-refractivity contribution < 1.29 is 8.42 Å². The van der Waals surface area contributed by atoms with Gasteiger partial charge in [-0.3, -0.25) is 9.40 Å². The second kappa shape index (κ2) is 6.73. The van der Waals surface area contributed by atoms with Crippen LogP contribution in [0.4, 0.5) is 5.69 Å². The Bertz CT molecular complexity index is 677. The zero-order chi connectivity index (χ0) is 15.3. The highest BCUT2D eigenvalue weighted by Gasteiger charge is 2.17. The SMILES string of the molecule is CCCNCc1ccc(NS(=O)(=O)c2ccnn2C)cc1. The fourth-order valence-electron chi connectivity index (χ4n) is 1.93. The molecule has 0 radical (unpaired) electrons. The zero-order valence-corrected chi connectivity index (χ0v) is 13.0. The van der Waals surface area contributed by atoms with E-state index in [0.717, 1.165) is 25.1 Å². The lowest BCUT2D eigenvalue weighted by molar-refractivity contribution is 0.582. The normalized spacial score (nSPS) is 11.5. The number of anilines is 1. The van der Waals surface area contributed by atoms with Crippen molar-refractivity contribution in [3.05, 3.63) is 42.1 Å². The van der Waals surface area contributed by atoms with E-state index in [1.54, 1.807) is 19.2 Å². The molecule has 2 aromatic rings. The van der Waals surface area contributed by atoms with E-state index in [4.69, 9.17) is 0 Å². The molecule has 7 heteroatoms. The second-order valence-electron chi connectivity index (χ2n) is 4.77. The third kappa shape index (κ3) is 4.05. The van der Waals surface area contributed by atoms with Crippen LogP contribution in [-0.2, 0) is 23.6 Å². The Morgan fingerprint density at radius 1 is 1.19 bits per heavy atom. The number of nitrogens with zero attached hydrogens (tertiary/aromatic N) is 2. The number of hydrogen-bond acceptors (Lipinski definition) is 4. The van der Waals surface area contributed by atoms with Gasteiger partial charge in [0.05, 0.1) is 6.20 Å². The molecule has 0 saturated carbocycles. The topological polar surface area (TPSA) is 76.0 Å². The van der Waals surface area contributed by atoms with Crippen LogP contribution in [0.25, 0.3) is 0 Å². The molecule has 1 heterocycles. The third-order valence-corrected chi connectivity index (χ3v) is 4.47. The van der Waals surface area contributed by atoms with E-state index in [0.29, 0.717) is 5.69 Å². The highest BCUT2D eigenvalue weighted by Crippen LogP contribution is 2.15. The largest absolute Gasteiger partial charge is 0.313 e. The van der Waals surface area contributed by atoms with Gasteiger partial charge in [0.1, 0.15) is 0 Å². The average molecular weight is 308 g/mol. The minimum Gasteiger partial charge on any atom is -0.313 e. The van der Waals surface area contributed by atoms with E-state index >= 15 is 0 Å². The summed E-state index contributed by atoms with van der Waals surface area (Å²) >= 11 is 0. The molecule has 0 fully saturated rings. The molecule has 0 unspecified atom stereocenters. The van der Waals surface area contributed by atoms with E-state index in [1.165, 1.54) is 16.9 Å². The molecule has 2 rings (SSSR count). The van der Waals surface area contributed by atoms with Crippen molar-refractivity contribution in [2.75, 3.05) is 11.3 Å². The number of aromatic nitrogens is 2. The molecule has 0 aliphatic rings. The summed E-state index contributed by atoms with van der Waals surface area (Å²) in [6, 6.07) is 8.80. The van der Waals surface area contributed by atoms with Crippen LogP contribution in [0.5, 0.6) is 0 Å². The first-order valence-electron chi connectivity index (χ1n) is 6.83. The molecular formula is C14H20N4O2S. The summed E-state index contributed by atoms with van der Waals surface area (Å²) in [5.74, 6) is 0. The summed E-state index contributed by atoms with van der Waals surface area (Å²) in [6.45, 7) is 3.86. The summed E-state index contributed by atoms with van der Waals surface area (Å²) in [5, 5.41) is 7.30. The average Bonchev–Trinajstić information content (AvgIpc) is 2.88. The lowest BCUT2D eigenvalue weighted by Gasteiger charge is -2.09. The fourth-order valence-corrected chi connectivity index (χ4v) is 3.12. The summed E-state index contributed by atoms with van der Waals surface area (Å²) < 4.78 is 28.3. The van der Waals surface area contributed by atoms with Crippen molar-refractivity contribution in [1.29, 1.82) is 0 Å². The van der Waals surface area contributed by atoms with Crippen molar-refractivity contribution >= 4 is 15.7 Å². The molecule has 6 nitrogen and oxygen atoms in total. The van der Waals surface area contributed by atoms with Crippen LogP contribution in [0.1, 0.15) is 18.9 Å². The Hall–Kier alpha value is -1.86. The maximum Gasteiger partial charge on any atom is 0.279 e. The molecule has 0 amide bonds. The lowest BCUT2D eigenvalue weighted by Crippen LogP contribution is -2.17. The van der Waals surface area contributed by atoms with Gasteiger partial charge in [-0.1, -0.05) is 19.1 Å². The van der Waals surface area contributed by atoms with Gasteiger partial charge in [0.2, 0.25) is 0 Å². The lowest BCUT2D eigenvalue weighted by atomic mass is 10.2. The van der Waals surface area contributed by atoms with E-state index in [2.05, 4.69) is 22.1 Å². The van der Waals surface area contributed by atoms with Crippen LogP contribution in [0, 0.1) is 0 Å². The van der Waals surface area contributed by atoms with Crippen LogP contribution in [0.2, 0.25) is 0 Å². The number of rotatable bonds is 7. The van der Waals surface area contributed by atoms with E-state index in [-0.39, 0.29) is 5.03 Å². The predicted molar refractivity (Wildman–Crippen MR) is 82.5 cm³/mol. The standard InChI is InChI=1S/C14H20N4O2S/c1-3-9-15-11-12-4-6-13(7-5-12)17-21(19,20)14-8-10-16-18(14)2/h4-8,10,15,17H,3,9,11H2,1-2H3. The Labute approximate surface area is 125 Å². The number of sulfonamides is 1. The Morgan fingerprint density at radius 3 is 2.48 bits per heavy atom. The highest BCUT2D eigenvalue weighted by atomic mass is 32.2. The van der Waals surface area contributed by atoms with Gasteiger partial charge in [-0.15, -0.1) is 0 Å². The molecule has 0 bridgehead atoms. The predicted octanol–water partition coefficient (Wildman–Crippen LogP) is 1.72. The number of aryl methyl sites for hydroxylation is 1. The van der Waals surface area contributed by atoms with E-state index in [1.807, 2.05) is 12.1 Å². The molecule has 114 valence electrons. The van der Waals surface area contributed by atoms with E-state index in [9.17, 15) is 8.42 Å². The molecule has 2 N–H and O–H groups in total. The molecule has 21 heavy (non-hydrogen) atoms. The summed E-state index contributed by atoms with van der Waals surface area (Å²) in [5.41, 5.74) is 1.65.